The van der Waals surface area contributed by atoms with Gasteiger partial charge in [-0.1, -0.05) is 28.1 Å². The zero-order chi connectivity index (χ0) is 9.97. The zero-order valence-corrected chi connectivity index (χ0v) is 10.3. The number of rotatable bonds is 3. The average Bonchev–Trinajstić information content (AvgIpc) is 2.13. The predicted octanol–water partition coefficient (Wildman–Crippen LogP) is 3.12. The number of hydrogen-bond donors (Lipinski definition) is 0. The van der Waals surface area contributed by atoms with E-state index in [2.05, 4.69) is 45.1 Å². The fourth-order valence-electron chi connectivity index (χ4n) is 1.75. The quantitative estimate of drug-likeness (QED) is 0.766. The molecule has 0 amide bonds. The first-order valence-corrected chi connectivity index (χ1v) is 6.13. The molecule has 76 valence electrons. The van der Waals surface area contributed by atoms with Crippen LogP contribution in [-0.2, 0) is 6.54 Å². The van der Waals surface area contributed by atoms with Crippen LogP contribution in [0.4, 0.5) is 0 Å². The van der Waals surface area contributed by atoms with Crippen LogP contribution in [0.25, 0.3) is 0 Å². The van der Waals surface area contributed by atoms with Crippen LogP contribution < -0.4 is 0 Å². The largest absolute Gasteiger partial charge is 0.298 e. The van der Waals surface area contributed by atoms with Gasteiger partial charge in [-0.25, -0.2) is 0 Å². The van der Waals surface area contributed by atoms with E-state index in [1.54, 1.807) is 0 Å². The van der Waals surface area contributed by atoms with Gasteiger partial charge in [0.15, 0.2) is 0 Å². The Morgan fingerprint density at radius 1 is 1.29 bits per heavy atom. The molecule has 14 heavy (non-hydrogen) atoms. The van der Waals surface area contributed by atoms with E-state index >= 15 is 0 Å². The van der Waals surface area contributed by atoms with Crippen LogP contribution in [0.5, 0.6) is 0 Å². The minimum Gasteiger partial charge on any atom is -0.298 e. The van der Waals surface area contributed by atoms with Crippen LogP contribution in [0.3, 0.4) is 0 Å². The molecule has 0 aromatic heterocycles. The molecule has 1 nitrogen and oxygen atoms in total. The highest BCUT2D eigenvalue weighted by Gasteiger charge is 2.25. The summed E-state index contributed by atoms with van der Waals surface area (Å²) in [6, 6.07) is 8.51. The molecule has 0 radical (unpaired) electrons. The van der Waals surface area contributed by atoms with Crippen LogP contribution in [0.2, 0.25) is 0 Å². The van der Waals surface area contributed by atoms with Gasteiger partial charge >= 0.3 is 0 Å². The molecule has 1 aromatic carbocycles. The van der Waals surface area contributed by atoms with Crippen LogP contribution in [-0.4, -0.2) is 23.9 Å². The van der Waals surface area contributed by atoms with Crippen LogP contribution >= 0.6 is 27.5 Å². The van der Waals surface area contributed by atoms with Gasteiger partial charge in [0, 0.05) is 30.0 Å². The Bertz CT molecular complexity index is 293. The fraction of sp³-hybridized carbons (Fsp3) is 0.455. The Hall–Kier alpha value is -0.0500. The van der Waals surface area contributed by atoms with Crippen molar-refractivity contribution >= 4 is 27.5 Å². The lowest BCUT2D eigenvalue weighted by Gasteiger charge is -2.38. The highest BCUT2D eigenvalue weighted by Crippen LogP contribution is 2.20. The summed E-state index contributed by atoms with van der Waals surface area (Å²) in [5.74, 6) is 1.52. The predicted molar refractivity (Wildman–Crippen MR) is 63.6 cm³/mol. The van der Waals surface area contributed by atoms with Crippen molar-refractivity contribution in [2.45, 2.75) is 6.54 Å². The van der Waals surface area contributed by atoms with Crippen LogP contribution in [0, 0.1) is 5.92 Å². The number of hydrogen-bond acceptors (Lipinski definition) is 1. The molecule has 2 rings (SSSR count). The lowest BCUT2D eigenvalue weighted by molar-refractivity contribution is 0.107. The number of halogens is 2. The molecule has 0 unspecified atom stereocenters. The Labute approximate surface area is 98.2 Å². The molecule has 1 aliphatic heterocycles. The standard InChI is InChI=1S/C11H13BrClN/c12-11-3-1-9(2-4-11)6-14-7-10(5-13)8-14/h1-4,10H,5-8H2. The molecule has 1 saturated heterocycles. The van der Waals surface area contributed by atoms with Crippen molar-refractivity contribution in [2.75, 3.05) is 19.0 Å². The molecule has 0 saturated carbocycles. The van der Waals surface area contributed by atoms with Crippen molar-refractivity contribution in [2.24, 2.45) is 5.92 Å². The molecular weight excluding hydrogens is 261 g/mol. The van der Waals surface area contributed by atoms with Crippen molar-refractivity contribution in [3.63, 3.8) is 0 Å². The Balaban J connectivity index is 1.84. The molecule has 0 bridgehead atoms. The van der Waals surface area contributed by atoms with Gasteiger partial charge in [0.1, 0.15) is 0 Å². The van der Waals surface area contributed by atoms with Crippen LogP contribution in [0.15, 0.2) is 28.7 Å². The Morgan fingerprint density at radius 2 is 1.93 bits per heavy atom. The van der Waals surface area contributed by atoms with E-state index < -0.39 is 0 Å². The highest BCUT2D eigenvalue weighted by molar-refractivity contribution is 9.10. The lowest BCUT2D eigenvalue weighted by atomic mass is 10.0. The van der Waals surface area contributed by atoms with Gasteiger partial charge in [-0.2, -0.15) is 0 Å². The average molecular weight is 275 g/mol. The van der Waals surface area contributed by atoms with E-state index in [0.717, 1.165) is 30.0 Å². The van der Waals surface area contributed by atoms with Crippen LogP contribution in [0.1, 0.15) is 5.56 Å². The first-order chi connectivity index (χ1) is 6.78. The summed E-state index contributed by atoms with van der Waals surface area (Å²) < 4.78 is 1.14. The molecule has 0 N–H and O–H groups in total. The maximum atomic E-state index is 5.76. The Morgan fingerprint density at radius 3 is 2.50 bits per heavy atom. The summed E-state index contributed by atoms with van der Waals surface area (Å²) in [5, 5.41) is 0. The smallest absolute Gasteiger partial charge is 0.0276 e. The monoisotopic (exact) mass is 273 g/mol. The number of benzene rings is 1. The maximum absolute atomic E-state index is 5.76. The SMILES string of the molecule is ClCC1CN(Cc2ccc(Br)cc2)C1. The highest BCUT2D eigenvalue weighted by atomic mass is 79.9. The summed E-state index contributed by atoms with van der Waals surface area (Å²) in [6.45, 7) is 3.36. The normalized spacial score (nSPS) is 18.1. The van der Waals surface area contributed by atoms with Gasteiger partial charge in [0.25, 0.3) is 0 Å². The van der Waals surface area contributed by atoms with Gasteiger partial charge in [0.05, 0.1) is 0 Å². The van der Waals surface area contributed by atoms with Crippen molar-refractivity contribution in [3.05, 3.63) is 34.3 Å². The molecule has 1 heterocycles. The van der Waals surface area contributed by atoms with Gasteiger partial charge in [-0.3, -0.25) is 4.90 Å². The molecule has 3 heteroatoms. The summed E-state index contributed by atoms with van der Waals surface area (Å²) in [5.41, 5.74) is 1.38. The van der Waals surface area contributed by atoms with E-state index in [0.29, 0.717) is 5.92 Å². The van der Waals surface area contributed by atoms with Gasteiger partial charge in [0.2, 0.25) is 0 Å². The second kappa shape index (κ2) is 4.65. The minimum absolute atomic E-state index is 0.715. The Kier molecular flexibility index (Phi) is 3.47. The zero-order valence-electron chi connectivity index (χ0n) is 7.92. The third kappa shape index (κ3) is 2.50. The molecule has 1 aromatic rings. The summed E-state index contributed by atoms with van der Waals surface area (Å²) in [7, 11) is 0. The topological polar surface area (TPSA) is 3.24 Å². The maximum Gasteiger partial charge on any atom is 0.0276 e. The first-order valence-electron chi connectivity index (χ1n) is 4.80. The summed E-state index contributed by atoms with van der Waals surface area (Å²) in [4.78, 5) is 2.43. The van der Waals surface area contributed by atoms with Gasteiger partial charge in [-0.15, -0.1) is 11.6 Å². The molecular formula is C11H13BrClN. The first kappa shape index (κ1) is 10.5. The minimum atomic E-state index is 0.715. The fourth-order valence-corrected chi connectivity index (χ4v) is 2.21. The molecule has 1 aliphatic rings. The van der Waals surface area contributed by atoms with Crippen molar-refractivity contribution in [3.8, 4) is 0 Å². The molecule has 0 spiro atoms. The van der Waals surface area contributed by atoms with E-state index in [4.69, 9.17) is 11.6 Å². The van der Waals surface area contributed by atoms with Crippen molar-refractivity contribution in [1.29, 1.82) is 0 Å². The third-order valence-electron chi connectivity index (χ3n) is 2.57. The second-order valence-corrected chi connectivity index (χ2v) is 5.07. The second-order valence-electron chi connectivity index (χ2n) is 3.84. The van der Waals surface area contributed by atoms with Crippen molar-refractivity contribution in [1.82, 2.24) is 4.90 Å². The van der Waals surface area contributed by atoms with Gasteiger partial charge in [-0.05, 0) is 23.6 Å². The van der Waals surface area contributed by atoms with E-state index in [9.17, 15) is 0 Å². The van der Waals surface area contributed by atoms with Crippen molar-refractivity contribution < 1.29 is 0 Å². The van der Waals surface area contributed by atoms with E-state index in [1.807, 2.05) is 0 Å². The number of alkyl halides is 1. The number of likely N-dealkylation sites (tertiary alicyclic amines) is 1. The molecule has 0 atom stereocenters. The summed E-state index contributed by atoms with van der Waals surface area (Å²) >= 11 is 9.19. The van der Waals surface area contributed by atoms with Gasteiger partial charge < -0.3 is 0 Å². The molecule has 0 aliphatic carbocycles. The lowest BCUT2D eigenvalue weighted by Crippen LogP contribution is -2.46. The molecule has 1 fully saturated rings. The number of nitrogens with zero attached hydrogens (tertiary/aromatic N) is 1. The van der Waals surface area contributed by atoms with E-state index in [-0.39, 0.29) is 0 Å². The third-order valence-corrected chi connectivity index (χ3v) is 3.54. The van der Waals surface area contributed by atoms with E-state index in [1.165, 1.54) is 5.56 Å². The summed E-state index contributed by atoms with van der Waals surface area (Å²) in [6.07, 6.45) is 0.